The summed E-state index contributed by atoms with van der Waals surface area (Å²) in [6, 6.07) is 16.3. The Morgan fingerprint density at radius 1 is 0.957 bits per heavy atom. The lowest BCUT2D eigenvalue weighted by Crippen LogP contribution is -2.07. The summed E-state index contributed by atoms with van der Waals surface area (Å²) in [5.74, 6) is -0.529. The molecule has 0 aliphatic carbocycles. The number of methoxy groups -OCH3 is 1. The Hall–Kier alpha value is -3.14. The molecule has 0 spiro atoms. The molecule has 1 heterocycles. The largest absolute Gasteiger partial charge is 0.465 e. The van der Waals surface area contributed by atoms with Gasteiger partial charge in [-0.3, -0.25) is 4.79 Å². The lowest BCUT2D eigenvalue weighted by atomic mass is 10.0. The highest BCUT2D eigenvalue weighted by Crippen LogP contribution is 2.26. The van der Waals surface area contributed by atoms with Gasteiger partial charge in [-0.05, 0) is 35.0 Å². The van der Waals surface area contributed by atoms with E-state index < -0.39 is 5.97 Å². The smallest absolute Gasteiger partial charge is 0.341 e. The Morgan fingerprint density at radius 3 is 2.43 bits per heavy atom. The fraction of sp³-hybridized carbons (Fsp3) is 0.0526. The van der Waals surface area contributed by atoms with Crippen molar-refractivity contribution < 1.29 is 13.9 Å². The third-order valence-corrected chi connectivity index (χ3v) is 3.97. The van der Waals surface area contributed by atoms with Crippen LogP contribution in [0, 0.1) is 0 Å². The maximum absolute atomic E-state index is 12.8. The summed E-state index contributed by atoms with van der Waals surface area (Å²) >= 11 is 0. The predicted octanol–water partition coefficient (Wildman–Crippen LogP) is 3.89. The van der Waals surface area contributed by atoms with E-state index in [2.05, 4.69) is 0 Å². The van der Waals surface area contributed by atoms with E-state index in [9.17, 15) is 9.59 Å². The van der Waals surface area contributed by atoms with Gasteiger partial charge in [-0.2, -0.15) is 0 Å². The monoisotopic (exact) mass is 304 g/mol. The number of carbonyl (C=O) groups is 1. The molecule has 112 valence electrons. The van der Waals surface area contributed by atoms with Crippen molar-refractivity contribution in [3.63, 3.8) is 0 Å². The first-order valence-corrected chi connectivity index (χ1v) is 7.15. The van der Waals surface area contributed by atoms with Gasteiger partial charge in [0.05, 0.1) is 17.9 Å². The lowest BCUT2D eigenvalue weighted by molar-refractivity contribution is 0.0602. The number of fused-ring (bicyclic) bond motifs is 3. The maximum Gasteiger partial charge on any atom is 0.341 e. The zero-order chi connectivity index (χ0) is 16.0. The fourth-order valence-corrected chi connectivity index (χ4v) is 2.83. The van der Waals surface area contributed by atoms with Crippen LogP contribution >= 0.6 is 0 Å². The van der Waals surface area contributed by atoms with Crippen LogP contribution in [0.2, 0.25) is 0 Å². The molecule has 0 atom stereocenters. The van der Waals surface area contributed by atoms with E-state index in [1.807, 2.05) is 36.4 Å². The number of hydrogen-bond donors (Lipinski definition) is 0. The second kappa shape index (κ2) is 4.95. The minimum absolute atomic E-state index is 0.155. The van der Waals surface area contributed by atoms with Gasteiger partial charge in [0.2, 0.25) is 5.43 Å². The molecule has 4 heteroatoms. The highest BCUT2D eigenvalue weighted by Gasteiger charge is 2.16. The van der Waals surface area contributed by atoms with E-state index >= 15 is 0 Å². The molecule has 0 unspecified atom stereocenters. The normalized spacial score (nSPS) is 11.2. The molecule has 0 radical (unpaired) electrons. The van der Waals surface area contributed by atoms with Gasteiger partial charge in [0.1, 0.15) is 11.1 Å². The molecule has 0 amide bonds. The van der Waals surface area contributed by atoms with Crippen molar-refractivity contribution in [1.29, 1.82) is 0 Å². The molecule has 0 N–H and O–H groups in total. The molecule has 0 saturated heterocycles. The fourth-order valence-electron chi connectivity index (χ4n) is 2.83. The number of hydrogen-bond acceptors (Lipinski definition) is 4. The van der Waals surface area contributed by atoms with E-state index in [1.165, 1.54) is 7.11 Å². The maximum atomic E-state index is 12.8. The quantitative estimate of drug-likeness (QED) is 0.395. The minimum Gasteiger partial charge on any atom is -0.465 e. The highest BCUT2D eigenvalue weighted by molar-refractivity contribution is 6.05. The van der Waals surface area contributed by atoms with Gasteiger partial charge in [0.25, 0.3) is 0 Å². The summed E-state index contributed by atoms with van der Waals surface area (Å²) in [5.41, 5.74) is 0.805. The molecule has 0 fully saturated rings. The second-order valence-electron chi connectivity index (χ2n) is 5.30. The van der Waals surface area contributed by atoms with Crippen molar-refractivity contribution in [2.45, 2.75) is 0 Å². The molecule has 0 aliphatic rings. The first-order chi connectivity index (χ1) is 11.2. The number of esters is 1. The topological polar surface area (TPSA) is 56.5 Å². The number of rotatable bonds is 1. The second-order valence-corrected chi connectivity index (χ2v) is 5.30. The minimum atomic E-state index is -0.529. The molecule has 0 saturated carbocycles. The first-order valence-electron chi connectivity index (χ1n) is 7.15. The van der Waals surface area contributed by atoms with Crippen LogP contribution in [0.25, 0.3) is 32.7 Å². The van der Waals surface area contributed by atoms with Crippen molar-refractivity contribution in [1.82, 2.24) is 0 Å². The standard InChI is InChI=1S/C19H12O4/c1-22-19(21)14-8-4-7-13-17(20)15-9-11-5-2-3-6-12(11)10-16(15)23-18(13)14/h2-10H,1H3. The van der Waals surface area contributed by atoms with E-state index in [4.69, 9.17) is 9.15 Å². The predicted molar refractivity (Wildman–Crippen MR) is 88.8 cm³/mol. The van der Waals surface area contributed by atoms with E-state index in [1.54, 1.807) is 18.2 Å². The van der Waals surface area contributed by atoms with Crippen LogP contribution in [0.3, 0.4) is 0 Å². The third-order valence-electron chi connectivity index (χ3n) is 3.97. The summed E-state index contributed by atoms with van der Waals surface area (Å²) in [4.78, 5) is 24.7. The molecule has 4 rings (SSSR count). The molecule has 1 aromatic heterocycles. The van der Waals surface area contributed by atoms with Crippen molar-refractivity contribution >= 4 is 38.7 Å². The van der Waals surface area contributed by atoms with Gasteiger partial charge in [-0.25, -0.2) is 4.79 Å². The molecular weight excluding hydrogens is 292 g/mol. The van der Waals surface area contributed by atoms with Crippen molar-refractivity contribution in [3.8, 4) is 0 Å². The van der Waals surface area contributed by atoms with Crippen molar-refractivity contribution in [2.24, 2.45) is 0 Å². The van der Waals surface area contributed by atoms with Gasteiger partial charge < -0.3 is 9.15 Å². The van der Waals surface area contributed by atoms with E-state index in [-0.39, 0.29) is 16.6 Å². The third kappa shape index (κ3) is 1.99. The first kappa shape index (κ1) is 13.5. The SMILES string of the molecule is COC(=O)c1cccc2c(=O)c3cc4ccccc4cc3oc12. The Balaban J connectivity index is 2.19. The summed E-state index contributed by atoms with van der Waals surface area (Å²) in [6.07, 6.45) is 0. The van der Waals surface area contributed by atoms with Gasteiger partial charge in [0, 0.05) is 0 Å². The average Bonchev–Trinajstić information content (AvgIpc) is 2.59. The molecule has 4 nitrogen and oxygen atoms in total. The van der Waals surface area contributed by atoms with Crippen molar-refractivity contribution in [3.05, 3.63) is 70.4 Å². The van der Waals surface area contributed by atoms with Gasteiger partial charge in [-0.1, -0.05) is 30.3 Å². The van der Waals surface area contributed by atoms with Crippen LogP contribution in [0.5, 0.6) is 0 Å². The molecule has 23 heavy (non-hydrogen) atoms. The number of carbonyl (C=O) groups excluding carboxylic acids is 1. The van der Waals surface area contributed by atoms with Crippen LogP contribution in [-0.2, 0) is 4.74 Å². The number of ether oxygens (including phenoxy) is 1. The Morgan fingerprint density at radius 2 is 1.70 bits per heavy atom. The zero-order valence-electron chi connectivity index (χ0n) is 12.3. The lowest BCUT2D eigenvalue weighted by Gasteiger charge is -2.06. The molecule has 0 bridgehead atoms. The van der Waals surface area contributed by atoms with Gasteiger partial charge in [0.15, 0.2) is 5.58 Å². The number of para-hydroxylation sites is 1. The summed E-state index contributed by atoms with van der Waals surface area (Å²) in [7, 11) is 1.30. The average molecular weight is 304 g/mol. The molecular formula is C19H12O4. The van der Waals surface area contributed by atoms with E-state index in [0.29, 0.717) is 16.4 Å². The van der Waals surface area contributed by atoms with Crippen LogP contribution in [0.1, 0.15) is 10.4 Å². The molecule has 0 aliphatic heterocycles. The molecule has 3 aromatic carbocycles. The molecule has 4 aromatic rings. The van der Waals surface area contributed by atoms with Crippen LogP contribution < -0.4 is 5.43 Å². The van der Waals surface area contributed by atoms with Gasteiger partial charge in [-0.15, -0.1) is 0 Å². The summed E-state index contributed by atoms with van der Waals surface area (Å²) in [5, 5.41) is 2.81. The van der Waals surface area contributed by atoms with Crippen LogP contribution in [-0.4, -0.2) is 13.1 Å². The Bertz CT molecular complexity index is 1140. The number of benzene rings is 3. The zero-order valence-corrected chi connectivity index (χ0v) is 12.3. The van der Waals surface area contributed by atoms with E-state index in [0.717, 1.165) is 10.8 Å². The van der Waals surface area contributed by atoms with Crippen LogP contribution in [0.4, 0.5) is 0 Å². The Labute approximate surface area is 130 Å². The van der Waals surface area contributed by atoms with Crippen molar-refractivity contribution in [2.75, 3.05) is 7.11 Å². The Kier molecular flexibility index (Phi) is 2.91. The highest BCUT2D eigenvalue weighted by atomic mass is 16.5. The van der Waals surface area contributed by atoms with Gasteiger partial charge >= 0.3 is 5.97 Å². The summed E-state index contributed by atoms with van der Waals surface area (Å²) in [6.45, 7) is 0. The van der Waals surface area contributed by atoms with Crippen LogP contribution in [0.15, 0.2) is 63.8 Å². The summed E-state index contributed by atoms with van der Waals surface area (Å²) < 4.78 is 10.7.